The van der Waals surface area contributed by atoms with Crippen molar-refractivity contribution in [3.63, 3.8) is 0 Å². The average molecular weight is 270 g/mol. The molecule has 0 saturated carbocycles. The first kappa shape index (κ1) is 18.2. The molecule has 0 aromatic heterocycles. The van der Waals surface area contributed by atoms with Gasteiger partial charge in [0.15, 0.2) is 0 Å². The summed E-state index contributed by atoms with van der Waals surface area (Å²) in [5.41, 5.74) is 0.461. The van der Waals surface area contributed by atoms with Crippen molar-refractivity contribution in [2.45, 2.75) is 77.6 Å². The molecule has 0 aromatic rings. The minimum Gasteiger partial charge on any atom is -0.478 e. The molecule has 2 N–H and O–H groups in total. The zero-order valence-corrected chi connectivity index (χ0v) is 12.4. The molecule has 3 nitrogen and oxygen atoms in total. The highest BCUT2D eigenvalue weighted by atomic mass is 16.4. The van der Waals surface area contributed by atoms with Gasteiger partial charge in [-0.15, -0.1) is 0 Å². The average Bonchev–Trinajstić information content (AvgIpc) is 2.39. The van der Waals surface area contributed by atoms with Gasteiger partial charge in [-0.2, -0.15) is 0 Å². The van der Waals surface area contributed by atoms with Crippen LogP contribution in [0.3, 0.4) is 0 Å². The van der Waals surface area contributed by atoms with Crippen LogP contribution < -0.4 is 0 Å². The van der Waals surface area contributed by atoms with Gasteiger partial charge in [-0.05, 0) is 26.2 Å². The molecule has 0 aromatic carbocycles. The lowest BCUT2D eigenvalue weighted by Gasteiger charge is -2.01. The van der Waals surface area contributed by atoms with Crippen molar-refractivity contribution in [2.24, 2.45) is 0 Å². The normalized spacial score (nSPS) is 11.8. The maximum Gasteiger partial charge on any atom is 0.330 e. The molecule has 0 rings (SSSR count). The maximum absolute atomic E-state index is 10.5. The van der Waals surface area contributed by atoms with Crippen LogP contribution in [0.2, 0.25) is 0 Å². The molecule has 112 valence electrons. The molecule has 0 spiro atoms. The minimum atomic E-state index is -0.804. The Morgan fingerprint density at radius 3 is 1.68 bits per heavy atom. The van der Waals surface area contributed by atoms with Gasteiger partial charge in [0.25, 0.3) is 0 Å². The third kappa shape index (κ3) is 13.4. The molecule has 0 aliphatic rings. The Morgan fingerprint density at radius 1 is 0.842 bits per heavy atom. The van der Waals surface area contributed by atoms with Crippen LogP contribution in [-0.2, 0) is 4.79 Å². The predicted octanol–water partition coefficient (Wildman–Crippen LogP) is 4.30. The van der Waals surface area contributed by atoms with E-state index < -0.39 is 5.97 Å². The number of carbonyl (C=O) groups is 1. The van der Waals surface area contributed by atoms with Crippen LogP contribution in [-0.4, -0.2) is 22.8 Å². The molecule has 0 atom stereocenters. The second-order valence-electron chi connectivity index (χ2n) is 5.24. The third-order valence-corrected chi connectivity index (χ3v) is 3.40. The molecule has 0 unspecified atom stereocenters. The van der Waals surface area contributed by atoms with Crippen molar-refractivity contribution in [3.05, 3.63) is 11.6 Å². The number of carboxylic acid groups (broad SMARTS) is 1. The number of hydrogen-bond acceptors (Lipinski definition) is 2. The highest BCUT2D eigenvalue weighted by Crippen LogP contribution is 2.11. The summed E-state index contributed by atoms with van der Waals surface area (Å²) in [6.45, 7) is 1.98. The summed E-state index contributed by atoms with van der Waals surface area (Å²) in [5.74, 6) is -0.804. The van der Waals surface area contributed by atoms with Crippen molar-refractivity contribution in [1.82, 2.24) is 0 Å². The molecule has 19 heavy (non-hydrogen) atoms. The van der Waals surface area contributed by atoms with E-state index in [1.54, 1.807) is 6.92 Å². The molecule has 0 bridgehead atoms. The quantitative estimate of drug-likeness (QED) is 0.387. The number of allylic oxidation sites excluding steroid dienone is 1. The summed E-state index contributed by atoms with van der Waals surface area (Å²) >= 11 is 0. The van der Waals surface area contributed by atoms with Crippen LogP contribution in [0.5, 0.6) is 0 Å². The van der Waals surface area contributed by atoms with Gasteiger partial charge in [0.1, 0.15) is 0 Å². The first-order valence-electron chi connectivity index (χ1n) is 7.69. The lowest BCUT2D eigenvalue weighted by atomic mass is 10.1. The van der Waals surface area contributed by atoms with Gasteiger partial charge in [-0.1, -0.05) is 57.4 Å². The SMILES string of the molecule is C/C(=C\CCCCCCCCCCCCO)C(=O)O. The summed E-state index contributed by atoms with van der Waals surface area (Å²) in [7, 11) is 0. The fraction of sp³-hybridized carbons (Fsp3) is 0.812. The lowest BCUT2D eigenvalue weighted by molar-refractivity contribution is -0.132. The van der Waals surface area contributed by atoms with E-state index in [0.29, 0.717) is 12.2 Å². The second kappa shape index (κ2) is 13.6. The number of aliphatic hydroxyl groups is 1. The summed E-state index contributed by atoms with van der Waals surface area (Å²) in [6, 6.07) is 0. The van der Waals surface area contributed by atoms with Crippen molar-refractivity contribution in [2.75, 3.05) is 6.61 Å². The molecule has 0 radical (unpaired) electrons. The standard InChI is InChI=1S/C16H30O3/c1-15(16(18)19)13-11-9-7-5-3-2-4-6-8-10-12-14-17/h13,17H,2-12,14H2,1H3,(H,18,19)/b15-13+. The minimum absolute atomic E-state index is 0.329. The molecular weight excluding hydrogens is 240 g/mol. The number of rotatable bonds is 13. The predicted molar refractivity (Wildman–Crippen MR) is 79.3 cm³/mol. The number of hydrogen-bond donors (Lipinski definition) is 2. The first-order chi connectivity index (χ1) is 9.18. The molecule has 0 aliphatic heterocycles. The molecular formula is C16H30O3. The smallest absolute Gasteiger partial charge is 0.330 e. The van der Waals surface area contributed by atoms with Gasteiger partial charge in [-0.25, -0.2) is 4.79 Å². The zero-order valence-electron chi connectivity index (χ0n) is 12.4. The number of aliphatic carboxylic acids is 1. The number of unbranched alkanes of at least 4 members (excludes halogenated alkanes) is 10. The van der Waals surface area contributed by atoms with E-state index in [2.05, 4.69) is 0 Å². The van der Waals surface area contributed by atoms with Gasteiger partial charge in [-0.3, -0.25) is 0 Å². The Bertz CT molecular complexity index is 246. The highest BCUT2D eigenvalue weighted by Gasteiger charge is 1.97. The van der Waals surface area contributed by atoms with Gasteiger partial charge in [0.2, 0.25) is 0 Å². The van der Waals surface area contributed by atoms with E-state index in [4.69, 9.17) is 10.2 Å². The van der Waals surface area contributed by atoms with E-state index >= 15 is 0 Å². The van der Waals surface area contributed by atoms with E-state index in [-0.39, 0.29) is 0 Å². The summed E-state index contributed by atoms with van der Waals surface area (Å²) in [6.07, 6.45) is 14.8. The summed E-state index contributed by atoms with van der Waals surface area (Å²) in [4.78, 5) is 10.5. The first-order valence-corrected chi connectivity index (χ1v) is 7.69. The van der Waals surface area contributed by atoms with Crippen LogP contribution in [0.4, 0.5) is 0 Å². The van der Waals surface area contributed by atoms with Crippen molar-refractivity contribution in [3.8, 4) is 0 Å². The number of carboxylic acids is 1. The van der Waals surface area contributed by atoms with Crippen molar-refractivity contribution in [1.29, 1.82) is 0 Å². The van der Waals surface area contributed by atoms with Crippen LogP contribution in [0.1, 0.15) is 77.6 Å². The zero-order chi connectivity index (χ0) is 14.3. The van der Waals surface area contributed by atoms with Gasteiger partial charge >= 0.3 is 5.97 Å². The van der Waals surface area contributed by atoms with E-state index in [0.717, 1.165) is 25.7 Å². The van der Waals surface area contributed by atoms with Crippen molar-refractivity contribution < 1.29 is 15.0 Å². The summed E-state index contributed by atoms with van der Waals surface area (Å²) in [5, 5.41) is 17.3. The molecule has 0 saturated heterocycles. The Morgan fingerprint density at radius 2 is 1.26 bits per heavy atom. The molecule has 0 aliphatic carbocycles. The van der Waals surface area contributed by atoms with E-state index in [9.17, 15) is 4.79 Å². The van der Waals surface area contributed by atoms with Gasteiger partial charge in [0.05, 0.1) is 0 Å². The topological polar surface area (TPSA) is 57.5 Å². The monoisotopic (exact) mass is 270 g/mol. The Kier molecular flexibility index (Phi) is 13.0. The Hall–Kier alpha value is -0.830. The highest BCUT2D eigenvalue weighted by molar-refractivity contribution is 5.85. The largest absolute Gasteiger partial charge is 0.478 e. The fourth-order valence-corrected chi connectivity index (χ4v) is 2.08. The Balaban J connectivity index is 3.15. The van der Waals surface area contributed by atoms with Gasteiger partial charge < -0.3 is 10.2 Å². The molecule has 0 fully saturated rings. The third-order valence-electron chi connectivity index (χ3n) is 3.40. The molecule has 0 amide bonds. The van der Waals surface area contributed by atoms with Crippen LogP contribution in [0.15, 0.2) is 11.6 Å². The van der Waals surface area contributed by atoms with E-state index in [1.807, 2.05) is 6.08 Å². The maximum atomic E-state index is 10.5. The molecule has 0 heterocycles. The van der Waals surface area contributed by atoms with Gasteiger partial charge in [0, 0.05) is 12.2 Å². The van der Waals surface area contributed by atoms with Crippen molar-refractivity contribution >= 4 is 5.97 Å². The lowest BCUT2D eigenvalue weighted by Crippen LogP contribution is -1.95. The van der Waals surface area contributed by atoms with Crippen LogP contribution in [0.25, 0.3) is 0 Å². The summed E-state index contributed by atoms with van der Waals surface area (Å²) < 4.78 is 0. The Labute approximate surface area is 117 Å². The molecule has 3 heteroatoms. The van der Waals surface area contributed by atoms with E-state index in [1.165, 1.54) is 44.9 Å². The second-order valence-corrected chi connectivity index (χ2v) is 5.24. The fourth-order valence-electron chi connectivity index (χ4n) is 2.08. The van der Waals surface area contributed by atoms with Crippen LogP contribution in [0, 0.1) is 0 Å². The van der Waals surface area contributed by atoms with Crippen LogP contribution >= 0.6 is 0 Å². The number of aliphatic hydroxyl groups excluding tert-OH is 1.